The van der Waals surface area contributed by atoms with E-state index in [9.17, 15) is 0 Å². The topological polar surface area (TPSA) is 4.93 Å². The summed E-state index contributed by atoms with van der Waals surface area (Å²) in [6.07, 6.45) is 9.37. The van der Waals surface area contributed by atoms with Crippen LogP contribution in [0.3, 0.4) is 0 Å². The molecule has 0 amide bonds. The van der Waals surface area contributed by atoms with Gasteiger partial charge in [0.05, 0.1) is 0 Å². The summed E-state index contributed by atoms with van der Waals surface area (Å²) >= 11 is 0. The molecule has 3 rings (SSSR count). The molecule has 0 N–H and O–H groups in total. The van der Waals surface area contributed by atoms with Crippen LogP contribution in [0.1, 0.15) is 24.5 Å². The van der Waals surface area contributed by atoms with Crippen LogP contribution < -0.4 is 0 Å². The minimum Gasteiger partial charge on any atom is -0.353 e. The van der Waals surface area contributed by atoms with Crippen LogP contribution in [0.15, 0.2) is 42.6 Å². The lowest BCUT2D eigenvalue weighted by Gasteiger charge is -2.10. The highest BCUT2D eigenvalue weighted by Gasteiger charge is 2.17. The zero-order valence-corrected chi connectivity index (χ0v) is 8.98. The first-order chi connectivity index (χ1) is 7.36. The van der Waals surface area contributed by atoms with E-state index in [1.807, 2.05) is 0 Å². The first kappa shape index (κ1) is 8.78. The van der Waals surface area contributed by atoms with E-state index in [-0.39, 0.29) is 0 Å². The molecule has 1 aromatic carbocycles. The van der Waals surface area contributed by atoms with Crippen molar-refractivity contribution in [1.29, 1.82) is 0 Å². The Hall–Kier alpha value is -1.50. The normalized spacial score (nSPS) is 20.2. The second kappa shape index (κ2) is 3.27. The molecule has 1 aliphatic rings. The molecule has 1 aliphatic carbocycles. The van der Waals surface area contributed by atoms with Gasteiger partial charge in [0.2, 0.25) is 0 Å². The molecular weight excluding hydrogens is 182 g/mol. The number of rotatable bonds is 1. The van der Waals surface area contributed by atoms with E-state index >= 15 is 0 Å². The number of hydrogen-bond acceptors (Lipinski definition) is 0. The van der Waals surface area contributed by atoms with Crippen LogP contribution in [0.5, 0.6) is 0 Å². The fourth-order valence-corrected chi connectivity index (χ4v) is 2.63. The standard InChI is InChI=1S/C14H15N/c1-15-10-12-8-4-5-9-13(12)14(15)11-6-2-3-7-11/h2,4-6,8-11H,3,7H2,1H3/t11-/m1/s1. The van der Waals surface area contributed by atoms with Crippen molar-refractivity contribution in [2.24, 2.45) is 7.05 Å². The number of nitrogens with zero attached hydrogens (tertiary/aromatic N) is 1. The molecule has 1 atom stereocenters. The van der Waals surface area contributed by atoms with E-state index in [1.54, 1.807) is 0 Å². The summed E-state index contributed by atoms with van der Waals surface area (Å²) in [5.74, 6) is 0.620. The van der Waals surface area contributed by atoms with Crippen LogP contribution in [0.4, 0.5) is 0 Å². The van der Waals surface area contributed by atoms with Crippen LogP contribution in [0.25, 0.3) is 10.8 Å². The maximum absolute atomic E-state index is 2.35. The third kappa shape index (κ3) is 1.30. The van der Waals surface area contributed by atoms with E-state index in [1.165, 1.54) is 29.3 Å². The van der Waals surface area contributed by atoms with Crippen molar-refractivity contribution in [2.75, 3.05) is 0 Å². The second-order valence-electron chi connectivity index (χ2n) is 4.32. The van der Waals surface area contributed by atoms with Crippen LogP contribution in [-0.2, 0) is 7.05 Å². The number of fused-ring (bicyclic) bond motifs is 1. The lowest BCUT2D eigenvalue weighted by atomic mass is 10.0. The van der Waals surface area contributed by atoms with Crippen molar-refractivity contribution < 1.29 is 0 Å². The fraction of sp³-hybridized carbons (Fsp3) is 0.286. The summed E-state index contributed by atoms with van der Waals surface area (Å²) in [5.41, 5.74) is 1.47. The molecule has 15 heavy (non-hydrogen) atoms. The number of hydrogen-bond donors (Lipinski definition) is 0. The molecule has 0 fully saturated rings. The molecule has 0 saturated carbocycles. The lowest BCUT2D eigenvalue weighted by Crippen LogP contribution is -1.99. The van der Waals surface area contributed by atoms with Gasteiger partial charge in [-0.05, 0) is 18.2 Å². The number of aromatic nitrogens is 1. The lowest BCUT2D eigenvalue weighted by molar-refractivity contribution is 0.724. The minimum atomic E-state index is 0.620. The van der Waals surface area contributed by atoms with Crippen molar-refractivity contribution in [3.63, 3.8) is 0 Å². The average Bonchev–Trinajstić information content (AvgIpc) is 2.82. The molecule has 1 heteroatoms. The number of aryl methyl sites for hydroxylation is 1. The van der Waals surface area contributed by atoms with Crippen molar-refractivity contribution in [3.8, 4) is 0 Å². The first-order valence-electron chi connectivity index (χ1n) is 5.57. The smallest absolute Gasteiger partial charge is 0.0320 e. The molecule has 0 saturated heterocycles. The van der Waals surface area contributed by atoms with Crippen LogP contribution in [0, 0.1) is 0 Å². The summed E-state index contributed by atoms with van der Waals surface area (Å²) in [7, 11) is 2.15. The molecule has 1 aromatic heterocycles. The predicted molar refractivity (Wildman–Crippen MR) is 64.0 cm³/mol. The number of benzene rings is 1. The Balaban J connectivity index is 2.23. The van der Waals surface area contributed by atoms with Crippen molar-refractivity contribution in [2.45, 2.75) is 18.8 Å². The van der Waals surface area contributed by atoms with Gasteiger partial charge in [0.1, 0.15) is 0 Å². The van der Waals surface area contributed by atoms with Gasteiger partial charge in [-0.3, -0.25) is 0 Å². The highest BCUT2D eigenvalue weighted by atomic mass is 14.9. The van der Waals surface area contributed by atoms with E-state index in [0.717, 1.165) is 0 Å². The number of allylic oxidation sites excluding steroid dienone is 2. The summed E-state index contributed by atoms with van der Waals surface area (Å²) in [6.45, 7) is 0. The third-order valence-electron chi connectivity index (χ3n) is 3.31. The minimum absolute atomic E-state index is 0.620. The molecule has 0 radical (unpaired) electrons. The molecule has 76 valence electrons. The largest absolute Gasteiger partial charge is 0.353 e. The summed E-state index contributed by atoms with van der Waals surface area (Å²) in [4.78, 5) is 0. The Labute approximate surface area is 90.0 Å². The van der Waals surface area contributed by atoms with Gasteiger partial charge in [0.15, 0.2) is 0 Å². The molecule has 0 spiro atoms. The maximum atomic E-state index is 2.35. The highest BCUT2D eigenvalue weighted by molar-refractivity contribution is 5.86. The molecule has 1 nitrogen and oxygen atoms in total. The van der Waals surface area contributed by atoms with Crippen LogP contribution in [0.2, 0.25) is 0 Å². The highest BCUT2D eigenvalue weighted by Crippen LogP contribution is 2.33. The first-order valence-corrected chi connectivity index (χ1v) is 5.57. The van der Waals surface area contributed by atoms with Gasteiger partial charge < -0.3 is 4.57 Å². The van der Waals surface area contributed by atoms with Gasteiger partial charge in [-0.2, -0.15) is 0 Å². The van der Waals surface area contributed by atoms with Gasteiger partial charge in [0, 0.05) is 30.2 Å². The quantitative estimate of drug-likeness (QED) is 0.615. The molecule has 0 aliphatic heterocycles. The summed E-state index contributed by atoms with van der Waals surface area (Å²) in [5, 5.41) is 2.77. The molecule has 1 heterocycles. The van der Waals surface area contributed by atoms with E-state index in [2.05, 4.69) is 54.2 Å². The average molecular weight is 197 g/mol. The zero-order chi connectivity index (χ0) is 10.3. The van der Waals surface area contributed by atoms with Crippen molar-refractivity contribution in [3.05, 3.63) is 48.3 Å². The monoisotopic (exact) mass is 197 g/mol. The van der Waals surface area contributed by atoms with Crippen molar-refractivity contribution in [1.82, 2.24) is 4.57 Å². The molecule has 2 aromatic rings. The second-order valence-corrected chi connectivity index (χ2v) is 4.32. The SMILES string of the molecule is Cn1cc2ccccc2c1[C@@H]1C=CCC1. The Kier molecular flexibility index (Phi) is 1.91. The summed E-state index contributed by atoms with van der Waals surface area (Å²) < 4.78 is 2.28. The summed E-state index contributed by atoms with van der Waals surface area (Å²) in [6, 6.07) is 8.66. The third-order valence-corrected chi connectivity index (χ3v) is 3.31. The van der Waals surface area contributed by atoms with Gasteiger partial charge >= 0.3 is 0 Å². The fourth-order valence-electron chi connectivity index (χ4n) is 2.63. The van der Waals surface area contributed by atoms with Gasteiger partial charge in [0.25, 0.3) is 0 Å². The van der Waals surface area contributed by atoms with Crippen LogP contribution >= 0.6 is 0 Å². The Bertz CT molecular complexity index is 519. The Morgan fingerprint density at radius 2 is 2.13 bits per heavy atom. The predicted octanol–water partition coefficient (Wildman–Crippen LogP) is 3.61. The van der Waals surface area contributed by atoms with Gasteiger partial charge in [-0.1, -0.05) is 36.4 Å². The van der Waals surface area contributed by atoms with Crippen molar-refractivity contribution >= 4 is 10.8 Å². The zero-order valence-electron chi connectivity index (χ0n) is 8.98. The molecule has 0 unspecified atom stereocenters. The van der Waals surface area contributed by atoms with Crippen LogP contribution in [-0.4, -0.2) is 4.57 Å². The Morgan fingerprint density at radius 3 is 2.93 bits per heavy atom. The van der Waals surface area contributed by atoms with Gasteiger partial charge in [-0.25, -0.2) is 0 Å². The van der Waals surface area contributed by atoms with E-state index in [4.69, 9.17) is 0 Å². The maximum Gasteiger partial charge on any atom is 0.0320 e. The Morgan fingerprint density at radius 1 is 1.27 bits per heavy atom. The van der Waals surface area contributed by atoms with E-state index in [0.29, 0.717) is 5.92 Å². The molecular formula is C14H15N. The van der Waals surface area contributed by atoms with E-state index < -0.39 is 0 Å². The van der Waals surface area contributed by atoms with Gasteiger partial charge in [-0.15, -0.1) is 0 Å². The molecule has 0 bridgehead atoms.